The Kier molecular flexibility index (Phi) is 3.99. The summed E-state index contributed by atoms with van der Waals surface area (Å²) in [6, 6.07) is 7.46. The second-order valence-corrected chi connectivity index (χ2v) is 5.48. The largest absolute Gasteiger partial charge is 0.302 e. The molecule has 0 fully saturated rings. The van der Waals surface area contributed by atoms with Crippen LogP contribution in [0.3, 0.4) is 0 Å². The lowest BCUT2D eigenvalue weighted by molar-refractivity contribution is -0.118. The maximum atomic E-state index is 11.5. The monoisotopic (exact) mass is 280 g/mol. The third kappa shape index (κ3) is 3.09. The highest BCUT2D eigenvalue weighted by Crippen LogP contribution is 2.26. The Labute approximate surface area is 115 Å². The third-order valence-corrected chi connectivity index (χ3v) is 3.41. The van der Waals surface area contributed by atoms with Gasteiger partial charge in [-0.2, -0.15) is 0 Å². The van der Waals surface area contributed by atoms with Crippen LogP contribution in [0.25, 0.3) is 11.3 Å². The molecular formula is C13H13ClN2OS. The lowest BCUT2D eigenvalue weighted by atomic mass is 10.2. The van der Waals surface area contributed by atoms with Crippen molar-refractivity contribution in [2.45, 2.75) is 13.8 Å². The summed E-state index contributed by atoms with van der Waals surface area (Å²) < 4.78 is 0. The second kappa shape index (κ2) is 5.50. The van der Waals surface area contributed by atoms with Crippen LogP contribution < -0.4 is 5.32 Å². The molecule has 0 radical (unpaired) electrons. The predicted octanol–water partition coefficient (Wildman–Crippen LogP) is 4.06. The van der Waals surface area contributed by atoms with E-state index in [0.717, 1.165) is 11.3 Å². The zero-order valence-corrected chi connectivity index (χ0v) is 11.7. The standard InChI is InChI=1S/C13H13ClN2OS/c1-8(2)12(17)16-13-15-11(7-18-13)9-3-5-10(14)6-4-9/h3-8H,1-2H3,(H,15,16,17). The molecule has 0 aliphatic rings. The quantitative estimate of drug-likeness (QED) is 0.921. The van der Waals surface area contributed by atoms with E-state index in [-0.39, 0.29) is 11.8 Å². The molecule has 0 saturated heterocycles. The molecular weight excluding hydrogens is 268 g/mol. The van der Waals surface area contributed by atoms with Crippen LogP contribution in [0, 0.1) is 5.92 Å². The highest BCUT2D eigenvalue weighted by Gasteiger charge is 2.10. The Hall–Kier alpha value is -1.39. The molecule has 1 aromatic carbocycles. The molecule has 0 spiro atoms. The first-order chi connectivity index (χ1) is 8.56. The van der Waals surface area contributed by atoms with Crippen molar-refractivity contribution < 1.29 is 4.79 Å². The van der Waals surface area contributed by atoms with Crippen molar-refractivity contribution in [3.05, 3.63) is 34.7 Å². The molecule has 94 valence electrons. The zero-order valence-electron chi connectivity index (χ0n) is 10.1. The molecule has 0 aliphatic carbocycles. The van der Waals surface area contributed by atoms with Crippen molar-refractivity contribution in [1.29, 1.82) is 0 Å². The number of nitrogens with one attached hydrogen (secondary N) is 1. The molecule has 1 N–H and O–H groups in total. The molecule has 1 heterocycles. The summed E-state index contributed by atoms with van der Waals surface area (Å²) in [7, 11) is 0. The minimum Gasteiger partial charge on any atom is -0.302 e. The van der Waals surface area contributed by atoms with Gasteiger partial charge in [-0.25, -0.2) is 4.98 Å². The van der Waals surface area contributed by atoms with Crippen molar-refractivity contribution in [3.63, 3.8) is 0 Å². The van der Waals surface area contributed by atoms with E-state index >= 15 is 0 Å². The number of aromatic nitrogens is 1. The average Bonchev–Trinajstić information content (AvgIpc) is 2.78. The minimum absolute atomic E-state index is 0.0213. The lowest BCUT2D eigenvalue weighted by Crippen LogP contribution is -2.17. The van der Waals surface area contributed by atoms with E-state index < -0.39 is 0 Å². The number of hydrogen-bond acceptors (Lipinski definition) is 3. The first-order valence-electron chi connectivity index (χ1n) is 5.58. The van der Waals surface area contributed by atoms with Crippen LogP contribution in [-0.4, -0.2) is 10.9 Å². The smallest absolute Gasteiger partial charge is 0.228 e. The van der Waals surface area contributed by atoms with Crippen LogP contribution in [0.15, 0.2) is 29.6 Å². The first-order valence-corrected chi connectivity index (χ1v) is 6.84. The van der Waals surface area contributed by atoms with Crippen LogP contribution in [0.2, 0.25) is 5.02 Å². The summed E-state index contributed by atoms with van der Waals surface area (Å²) in [5.74, 6) is -0.0695. The van der Waals surface area contributed by atoms with Gasteiger partial charge in [0.1, 0.15) is 0 Å². The number of carbonyl (C=O) groups is 1. The van der Waals surface area contributed by atoms with Crippen molar-refractivity contribution in [1.82, 2.24) is 4.98 Å². The molecule has 2 rings (SSSR count). The summed E-state index contributed by atoms with van der Waals surface area (Å²) in [6.45, 7) is 3.70. The Bertz CT molecular complexity index is 548. The van der Waals surface area contributed by atoms with E-state index in [0.29, 0.717) is 10.2 Å². The number of carbonyl (C=O) groups excluding carboxylic acids is 1. The lowest BCUT2D eigenvalue weighted by Gasteiger charge is -2.03. The molecule has 1 aromatic heterocycles. The van der Waals surface area contributed by atoms with Crippen LogP contribution >= 0.6 is 22.9 Å². The third-order valence-electron chi connectivity index (χ3n) is 2.40. The molecule has 5 heteroatoms. The summed E-state index contributed by atoms with van der Waals surface area (Å²) in [6.07, 6.45) is 0. The average molecular weight is 281 g/mol. The number of hydrogen-bond donors (Lipinski definition) is 1. The molecule has 0 saturated carbocycles. The number of rotatable bonds is 3. The number of thiazole rings is 1. The van der Waals surface area contributed by atoms with Crippen molar-refractivity contribution in [2.75, 3.05) is 5.32 Å². The number of nitrogens with zero attached hydrogens (tertiary/aromatic N) is 1. The van der Waals surface area contributed by atoms with Crippen molar-refractivity contribution in [2.24, 2.45) is 5.92 Å². The summed E-state index contributed by atoms with van der Waals surface area (Å²) in [4.78, 5) is 15.9. The summed E-state index contributed by atoms with van der Waals surface area (Å²) in [5.41, 5.74) is 1.83. The molecule has 18 heavy (non-hydrogen) atoms. The van der Waals surface area contributed by atoms with Crippen LogP contribution in [0.1, 0.15) is 13.8 Å². The van der Waals surface area contributed by atoms with E-state index in [1.165, 1.54) is 11.3 Å². The van der Waals surface area contributed by atoms with Gasteiger partial charge in [0.15, 0.2) is 5.13 Å². The van der Waals surface area contributed by atoms with Crippen molar-refractivity contribution in [3.8, 4) is 11.3 Å². The SMILES string of the molecule is CC(C)C(=O)Nc1nc(-c2ccc(Cl)cc2)cs1. The zero-order chi connectivity index (χ0) is 13.1. The van der Waals surface area contributed by atoms with Gasteiger partial charge in [-0.3, -0.25) is 4.79 Å². The normalized spacial score (nSPS) is 10.7. The van der Waals surface area contributed by atoms with Gasteiger partial charge in [-0.05, 0) is 12.1 Å². The minimum atomic E-state index is -0.0483. The molecule has 0 unspecified atom stereocenters. The van der Waals surface area contributed by atoms with E-state index in [2.05, 4.69) is 10.3 Å². The predicted molar refractivity (Wildman–Crippen MR) is 76.0 cm³/mol. The van der Waals surface area contributed by atoms with Gasteiger partial charge in [0.25, 0.3) is 0 Å². The molecule has 0 aliphatic heterocycles. The maximum absolute atomic E-state index is 11.5. The number of halogens is 1. The van der Waals surface area contributed by atoms with Crippen molar-refractivity contribution >= 4 is 34.0 Å². The molecule has 0 atom stereocenters. The van der Waals surface area contributed by atoms with Gasteiger partial charge < -0.3 is 5.32 Å². The van der Waals surface area contributed by atoms with Gasteiger partial charge in [0.2, 0.25) is 5.91 Å². The topological polar surface area (TPSA) is 42.0 Å². The number of benzene rings is 1. The number of amides is 1. The van der Waals surface area contributed by atoms with Gasteiger partial charge in [-0.15, -0.1) is 11.3 Å². The fraction of sp³-hybridized carbons (Fsp3) is 0.231. The fourth-order valence-electron chi connectivity index (χ4n) is 1.33. The Morgan fingerprint density at radius 3 is 2.61 bits per heavy atom. The maximum Gasteiger partial charge on any atom is 0.228 e. The van der Waals surface area contributed by atoms with E-state index in [1.54, 1.807) is 0 Å². The molecule has 0 bridgehead atoms. The van der Waals surface area contributed by atoms with Gasteiger partial charge in [0, 0.05) is 21.9 Å². The van der Waals surface area contributed by atoms with E-state index in [1.807, 2.05) is 43.5 Å². The Balaban J connectivity index is 2.15. The van der Waals surface area contributed by atoms with Gasteiger partial charge in [-0.1, -0.05) is 37.6 Å². The first kappa shape index (κ1) is 13.1. The molecule has 3 nitrogen and oxygen atoms in total. The summed E-state index contributed by atoms with van der Waals surface area (Å²) in [5, 5.41) is 6.02. The van der Waals surface area contributed by atoms with Gasteiger partial charge in [0.05, 0.1) is 5.69 Å². The molecule has 2 aromatic rings. The highest BCUT2D eigenvalue weighted by atomic mass is 35.5. The number of anilines is 1. The van der Waals surface area contributed by atoms with Gasteiger partial charge >= 0.3 is 0 Å². The summed E-state index contributed by atoms with van der Waals surface area (Å²) >= 11 is 7.25. The highest BCUT2D eigenvalue weighted by molar-refractivity contribution is 7.14. The van der Waals surface area contributed by atoms with E-state index in [9.17, 15) is 4.79 Å². The Morgan fingerprint density at radius 1 is 1.33 bits per heavy atom. The van der Waals surface area contributed by atoms with Crippen LogP contribution in [0.4, 0.5) is 5.13 Å². The van der Waals surface area contributed by atoms with Crippen LogP contribution in [0.5, 0.6) is 0 Å². The fourth-order valence-corrected chi connectivity index (χ4v) is 2.18. The Morgan fingerprint density at radius 2 is 2.00 bits per heavy atom. The second-order valence-electron chi connectivity index (χ2n) is 4.19. The van der Waals surface area contributed by atoms with E-state index in [4.69, 9.17) is 11.6 Å². The molecule has 1 amide bonds. The van der Waals surface area contributed by atoms with Crippen LogP contribution in [-0.2, 0) is 4.79 Å².